The molecule has 1 aromatic carbocycles. The van der Waals surface area contributed by atoms with E-state index in [0.717, 1.165) is 32.0 Å². The number of hydrogen-bond acceptors (Lipinski definition) is 6. The summed E-state index contributed by atoms with van der Waals surface area (Å²) in [6.07, 6.45) is 0.603. The Bertz CT molecular complexity index is 468. The fraction of sp³-hybridized carbons (Fsp3) is 0.562. The van der Waals surface area contributed by atoms with E-state index in [0.29, 0.717) is 12.0 Å². The van der Waals surface area contributed by atoms with E-state index in [-0.39, 0.29) is 5.78 Å². The Morgan fingerprint density at radius 2 is 1.82 bits per heavy atom. The van der Waals surface area contributed by atoms with Crippen LogP contribution in [0.3, 0.4) is 0 Å². The maximum atomic E-state index is 12.6. The molecular formula is C16H24N2O4. The topological polar surface area (TPSA) is 51.2 Å². The first-order valence-corrected chi connectivity index (χ1v) is 7.55. The van der Waals surface area contributed by atoms with Crippen molar-refractivity contribution in [3.8, 4) is 0 Å². The number of rotatable bonds is 7. The normalized spacial score (nSPS) is 16.8. The van der Waals surface area contributed by atoms with Crippen LogP contribution >= 0.6 is 0 Å². The van der Waals surface area contributed by atoms with Crippen LogP contribution in [0.5, 0.6) is 0 Å². The second-order valence-electron chi connectivity index (χ2n) is 5.09. The zero-order chi connectivity index (χ0) is 15.9. The smallest absolute Gasteiger partial charge is 0.184 e. The molecule has 22 heavy (non-hydrogen) atoms. The molecule has 122 valence electrons. The quantitative estimate of drug-likeness (QED) is 0.566. The molecule has 2 rings (SSSR count). The van der Waals surface area contributed by atoms with E-state index in [1.165, 1.54) is 19.4 Å². The van der Waals surface area contributed by atoms with Crippen molar-refractivity contribution < 1.29 is 19.2 Å². The van der Waals surface area contributed by atoms with Gasteiger partial charge in [0.2, 0.25) is 0 Å². The van der Waals surface area contributed by atoms with Crippen molar-refractivity contribution in [3.63, 3.8) is 0 Å². The van der Waals surface area contributed by atoms with Crippen molar-refractivity contribution in [1.29, 1.82) is 0 Å². The number of carbonyl (C=O) groups is 1. The number of benzene rings is 1. The summed E-state index contributed by atoms with van der Waals surface area (Å²) < 4.78 is 5.35. The van der Waals surface area contributed by atoms with E-state index in [4.69, 9.17) is 14.4 Å². The molecule has 0 N–H and O–H groups in total. The van der Waals surface area contributed by atoms with Crippen LogP contribution in [0.15, 0.2) is 24.3 Å². The summed E-state index contributed by atoms with van der Waals surface area (Å²) in [4.78, 5) is 25.0. The van der Waals surface area contributed by atoms with Crippen LogP contribution in [0.1, 0.15) is 23.7 Å². The highest BCUT2D eigenvalue weighted by atomic mass is 16.9. The number of anilines is 1. The van der Waals surface area contributed by atoms with Gasteiger partial charge in [-0.25, -0.2) is 0 Å². The molecule has 1 atom stereocenters. The standard InChI is InChI=1S/C16H24N2O4/c1-4-15(18(20-2)21-3)16(19)13-5-7-14(8-6-13)17-9-11-22-12-10-17/h5-8,15H,4,9-12H2,1-3H3. The van der Waals surface area contributed by atoms with Crippen LogP contribution in [0.25, 0.3) is 0 Å². The van der Waals surface area contributed by atoms with Gasteiger partial charge in [-0.05, 0) is 30.7 Å². The van der Waals surface area contributed by atoms with Crippen LogP contribution in [0, 0.1) is 0 Å². The number of hydrogen-bond donors (Lipinski definition) is 0. The Balaban J connectivity index is 2.09. The molecule has 0 saturated carbocycles. The number of hydroxylamine groups is 2. The molecule has 0 amide bonds. The first-order valence-electron chi connectivity index (χ1n) is 7.55. The lowest BCUT2D eigenvalue weighted by Crippen LogP contribution is -2.39. The van der Waals surface area contributed by atoms with Gasteiger partial charge in [-0.1, -0.05) is 12.2 Å². The van der Waals surface area contributed by atoms with E-state index >= 15 is 0 Å². The number of nitrogens with zero attached hydrogens (tertiary/aromatic N) is 2. The van der Waals surface area contributed by atoms with Gasteiger partial charge >= 0.3 is 0 Å². The molecule has 1 aliphatic rings. The van der Waals surface area contributed by atoms with Crippen molar-refractivity contribution in [2.24, 2.45) is 0 Å². The Kier molecular flexibility index (Phi) is 6.33. The predicted molar refractivity (Wildman–Crippen MR) is 83.7 cm³/mol. The van der Waals surface area contributed by atoms with Crippen LogP contribution in [0.4, 0.5) is 5.69 Å². The SMILES string of the molecule is CCC(C(=O)c1ccc(N2CCOCC2)cc1)N(OC)OC. The van der Waals surface area contributed by atoms with Gasteiger partial charge in [0.15, 0.2) is 5.78 Å². The van der Waals surface area contributed by atoms with Crippen molar-refractivity contribution >= 4 is 11.5 Å². The average molecular weight is 308 g/mol. The minimum Gasteiger partial charge on any atom is -0.378 e. The van der Waals surface area contributed by atoms with E-state index in [1.807, 2.05) is 31.2 Å². The molecule has 0 aromatic heterocycles. The Hall–Kier alpha value is -1.47. The van der Waals surface area contributed by atoms with Gasteiger partial charge < -0.3 is 9.64 Å². The van der Waals surface area contributed by atoms with Gasteiger partial charge in [0.05, 0.1) is 27.4 Å². The molecule has 1 aromatic rings. The molecule has 1 heterocycles. The summed E-state index contributed by atoms with van der Waals surface area (Å²) >= 11 is 0. The second kappa shape index (κ2) is 8.24. The fourth-order valence-electron chi connectivity index (χ4n) is 2.61. The third-order valence-corrected chi connectivity index (χ3v) is 3.83. The molecule has 6 heteroatoms. The number of ether oxygens (including phenoxy) is 1. The number of carbonyl (C=O) groups excluding carboxylic acids is 1. The van der Waals surface area contributed by atoms with Crippen molar-refractivity contribution in [3.05, 3.63) is 29.8 Å². The molecule has 0 bridgehead atoms. The lowest BCUT2D eigenvalue weighted by atomic mass is 10.0. The number of ketones is 1. The molecule has 1 saturated heterocycles. The lowest BCUT2D eigenvalue weighted by molar-refractivity contribution is -0.355. The van der Waals surface area contributed by atoms with Gasteiger partial charge in [-0.2, -0.15) is 0 Å². The average Bonchev–Trinajstić information content (AvgIpc) is 2.60. The molecular weight excluding hydrogens is 284 g/mol. The van der Waals surface area contributed by atoms with E-state index in [2.05, 4.69) is 4.90 Å². The van der Waals surface area contributed by atoms with Gasteiger partial charge in [0.1, 0.15) is 6.04 Å². The second-order valence-corrected chi connectivity index (χ2v) is 5.09. The first-order chi connectivity index (χ1) is 10.7. The highest BCUT2D eigenvalue weighted by molar-refractivity contribution is 6.00. The molecule has 1 unspecified atom stereocenters. The summed E-state index contributed by atoms with van der Waals surface area (Å²) in [5, 5.41) is 1.23. The molecule has 0 radical (unpaired) electrons. The fourth-order valence-corrected chi connectivity index (χ4v) is 2.61. The summed E-state index contributed by atoms with van der Waals surface area (Å²) in [5.74, 6) is -0.0141. The van der Waals surface area contributed by atoms with Crippen molar-refractivity contribution in [2.45, 2.75) is 19.4 Å². The van der Waals surface area contributed by atoms with E-state index in [9.17, 15) is 4.79 Å². The minimum atomic E-state index is -0.454. The van der Waals surface area contributed by atoms with Crippen molar-refractivity contribution in [2.75, 3.05) is 45.4 Å². The summed E-state index contributed by atoms with van der Waals surface area (Å²) in [5.41, 5.74) is 1.77. The first kappa shape index (κ1) is 16.9. The Morgan fingerprint density at radius 3 is 2.32 bits per heavy atom. The number of Topliss-reactive ketones (excluding diaryl/α,β-unsaturated/α-hetero) is 1. The Morgan fingerprint density at radius 1 is 1.23 bits per heavy atom. The molecule has 0 spiro atoms. The molecule has 1 fully saturated rings. The highest BCUT2D eigenvalue weighted by Crippen LogP contribution is 2.19. The summed E-state index contributed by atoms with van der Waals surface area (Å²) in [6.45, 7) is 5.18. The monoisotopic (exact) mass is 308 g/mol. The van der Waals surface area contributed by atoms with Crippen LogP contribution in [-0.2, 0) is 14.4 Å². The third-order valence-electron chi connectivity index (χ3n) is 3.83. The molecule has 6 nitrogen and oxygen atoms in total. The molecule has 1 aliphatic heterocycles. The minimum absolute atomic E-state index is 0.0141. The van der Waals surface area contributed by atoms with Crippen LogP contribution < -0.4 is 4.90 Å². The Labute approximate surface area is 131 Å². The van der Waals surface area contributed by atoms with Gasteiger partial charge in [0, 0.05) is 24.3 Å². The third kappa shape index (κ3) is 3.84. The van der Waals surface area contributed by atoms with E-state index < -0.39 is 6.04 Å². The lowest BCUT2D eigenvalue weighted by Gasteiger charge is -2.29. The summed E-state index contributed by atoms with van der Waals surface area (Å²) in [7, 11) is 2.97. The zero-order valence-corrected chi connectivity index (χ0v) is 13.4. The van der Waals surface area contributed by atoms with E-state index in [1.54, 1.807) is 0 Å². The van der Waals surface area contributed by atoms with Crippen molar-refractivity contribution in [1.82, 2.24) is 5.23 Å². The number of morpholine rings is 1. The van der Waals surface area contributed by atoms with Gasteiger partial charge in [0.25, 0.3) is 0 Å². The zero-order valence-electron chi connectivity index (χ0n) is 13.4. The largest absolute Gasteiger partial charge is 0.378 e. The predicted octanol–water partition coefficient (Wildman–Crippen LogP) is 1.91. The van der Waals surface area contributed by atoms with Gasteiger partial charge in [-0.15, -0.1) is 0 Å². The summed E-state index contributed by atoms with van der Waals surface area (Å²) in [6, 6.07) is 7.23. The molecule has 0 aliphatic carbocycles. The van der Waals surface area contributed by atoms with Crippen LogP contribution in [0.2, 0.25) is 0 Å². The van der Waals surface area contributed by atoms with Gasteiger partial charge in [-0.3, -0.25) is 14.5 Å². The maximum absolute atomic E-state index is 12.6. The highest BCUT2D eigenvalue weighted by Gasteiger charge is 2.26. The maximum Gasteiger partial charge on any atom is 0.184 e. The van der Waals surface area contributed by atoms with Crippen LogP contribution in [-0.4, -0.2) is 57.6 Å².